The van der Waals surface area contributed by atoms with E-state index in [2.05, 4.69) is 67.3 Å². The molecule has 3 rings (SSSR count). The second-order valence-electron chi connectivity index (χ2n) is 5.30. The first-order valence-corrected chi connectivity index (χ1v) is 7.61. The number of allylic oxidation sites excluding steroid dienone is 5. The molecule has 0 aliphatic heterocycles. The Kier molecular flexibility index (Phi) is 4.49. The Morgan fingerprint density at radius 3 is 2.00 bits per heavy atom. The van der Waals surface area contributed by atoms with Gasteiger partial charge in [0.2, 0.25) is 0 Å². The highest BCUT2D eigenvalue weighted by molar-refractivity contribution is 6.03. The molecule has 0 saturated heterocycles. The Morgan fingerprint density at radius 1 is 0.826 bits per heavy atom. The molecule has 0 spiro atoms. The lowest BCUT2D eigenvalue weighted by atomic mass is 9.90. The van der Waals surface area contributed by atoms with Crippen LogP contribution in [0.3, 0.4) is 0 Å². The first-order chi connectivity index (χ1) is 11.3. The van der Waals surface area contributed by atoms with Gasteiger partial charge < -0.3 is 0 Å². The van der Waals surface area contributed by atoms with E-state index in [4.69, 9.17) is 4.42 Å². The molecular weight excluding hydrogens is 280 g/mol. The lowest BCUT2D eigenvalue weighted by Gasteiger charge is -2.13. The molecule has 0 N–H and O–H groups in total. The van der Waals surface area contributed by atoms with Crippen molar-refractivity contribution in [3.63, 3.8) is 0 Å². The number of hydrogen-bond acceptors (Lipinski definition) is 0. The van der Waals surface area contributed by atoms with Gasteiger partial charge in [-0.2, -0.15) is 0 Å². The lowest BCUT2D eigenvalue weighted by molar-refractivity contribution is -0.417. The molecule has 0 heterocycles. The molecule has 0 aromatic heterocycles. The number of carbonyl (C=O) groups excluding carboxylic acids is 1. The standard InChI is InChI=1S/C22H19O/c1-3-17-9-11-19(12-10-17)22(18-7-5-4-6-8-18)20-13-15-21(23-2)16-14-20/h3-16H,1H2,2H3/q+1. The fraction of sp³-hybridized carbons (Fsp3) is 0.0455. The van der Waals surface area contributed by atoms with Crippen LogP contribution in [0.4, 0.5) is 0 Å². The maximum atomic E-state index is 5.27. The van der Waals surface area contributed by atoms with Crippen molar-refractivity contribution in [2.24, 2.45) is 0 Å². The fourth-order valence-electron chi connectivity index (χ4n) is 2.65. The summed E-state index contributed by atoms with van der Waals surface area (Å²) in [5.41, 5.74) is 5.89. The first-order valence-electron chi connectivity index (χ1n) is 7.61. The van der Waals surface area contributed by atoms with Gasteiger partial charge in [-0.05, 0) is 40.0 Å². The maximum absolute atomic E-state index is 5.27. The van der Waals surface area contributed by atoms with Crippen LogP contribution >= 0.6 is 0 Å². The molecule has 0 unspecified atom stereocenters. The number of ketones is 1. The number of rotatable bonds is 3. The summed E-state index contributed by atoms with van der Waals surface area (Å²) in [6, 6.07) is 18.9. The molecule has 0 radical (unpaired) electrons. The summed E-state index contributed by atoms with van der Waals surface area (Å²) in [7, 11) is 1.69. The molecule has 1 aliphatic rings. The van der Waals surface area contributed by atoms with Gasteiger partial charge in [-0.3, -0.25) is 4.42 Å². The zero-order valence-electron chi connectivity index (χ0n) is 13.2. The van der Waals surface area contributed by atoms with Gasteiger partial charge in [0.1, 0.15) is 0 Å². The van der Waals surface area contributed by atoms with Gasteiger partial charge in [-0.15, -0.1) is 0 Å². The summed E-state index contributed by atoms with van der Waals surface area (Å²) in [5.74, 6) is 0.864. The average Bonchev–Trinajstić information content (AvgIpc) is 2.64. The van der Waals surface area contributed by atoms with Gasteiger partial charge in [0.25, 0.3) is 7.11 Å². The van der Waals surface area contributed by atoms with Crippen molar-refractivity contribution >= 4 is 17.4 Å². The summed E-state index contributed by atoms with van der Waals surface area (Å²) >= 11 is 0. The molecule has 2 aromatic rings. The highest BCUT2D eigenvalue weighted by Gasteiger charge is 2.13. The predicted octanol–water partition coefficient (Wildman–Crippen LogP) is 4.99. The van der Waals surface area contributed by atoms with E-state index in [1.165, 1.54) is 22.3 Å². The molecule has 0 atom stereocenters. The molecule has 112 valence electrons. The third-order valence-electron chi connectivity index (χ3n) is 3.88. The van der Waals surface area contributed by atoms with Crippen LogP contribution in [0.15, 0.2) is 91.1 Å². The average molecular weight is 299 g/mol. The Labute approximate surface area is 137 Å². The van der Waals surface area contributed by atoms with Gasteiger partial charge in [0.15, 0.2) is 0 Å². The quantitative estimate of drug-likeness (QED) is 0.707. The van der Waals surface area contributed by atoms with E-state index >= 15 is 0 Å². The summed E-state index contributed by atoms with van der Waals surface area (Å²) in [4.78, 5) is 0. The van der Waals surface area contributed by atoms with Gasteiger partial charge in [-0.25, -0.2) is 0 Å². The van der Waals surface area contributed by atoms with Crippen molar-refractivity contribution in [3.8, 4) is 0 Å². The third kappa shape index (κ3) is 3.29. The van der Waals surface area contributed by atoms with Gasteiger partial charge in [-0.1, -0.05) is 67.3 Å². The van der Waals surface area contributed by atoms with Crippen LogP contribution in [-0.2, 0) is 4.42 Å². The van der Waals surface area contributed by atoms with Crippen LogP contribution in [0.25, 0.3) is 11.6 Å². The molecule has 1 aliphatic carbocycles. The Hall–Kier alpha value is -2.93. The Balaban J connectivity index is 2.15. The minimum atomic E-state index is 0.864. The van der Waals surface area contributed by atoms with E-state index in [0.29, 0.717) is 0 Å². The van der Waals surface area contributed by atoms with Crippen LogP contribution < -0.4 is 0 Å². The molecular formula is C22H19O+. The van der Waals surface area contributed by atoms with Crippen LogP contribution in [0.1, 0.15) is 16.7 Å². The molecule has 0 bridgehead atoms. The Bertz CT molecular complexity index is 798. The van der Waals surface area contributed by atoms with E-state index in [1.807, 2.05) is 24.3 Å². The first kappa shape index (κ1) is 15.0. The maximum Gasteiger partial charge on any atom is 0.343 e. The van der Waals surface area contributed by atoms with Crippen molar-refractivity contribution in [2.75, 3.05) is 7.11 Å². The van der Waals surface area contributed by atoms with E-state index in [9.17, 15) is 0 Å². The van der Waals surface area contributed by atoms with Crippen molar-refractivity contribution in [3.05, 3.63) is 108 Å². The monoisotopic (exact) mass is 299 g/mol. The zero-order chi connectivity index (χ0) is 16.1. The largest absolute Gasteiger partial charge is 0.343 e. The van der Waals surface area contributed by atoms with Crippen molar-refractivity contribution < 1.29 is 4.42 Å². The van der Waals surface area contributed by atoms with Gasteiger partial charge in [0.05, 0.1) is 0 Å². The van der Waals surface area contributed by atoms with E-state index in [-0.39, 0.29) is 0 Å². The summed E-state index contributed by atoms with van der Waals surface area (Å²) in [5, 5.41) is 0. The fourth-order valence-corrected chi connectivity index (χ4v) is 2.65. The summed E-state index contributed by atoms with van der Waals surface area (Å²) in [6.45, 7) is 3.82. The topological polar surface area (TPSA) is 11.3 Å². The minimum Gasteiger partial charge on any atom is -0.258 e. The van der Waals surface area contributed by atoms with Crippen molar-refractivity contribution in [1.29, 1.82) is 0 Å². The molecule has 1 heteroatoms. The summed E-state index contributed by atoms with van der Waals surface area (Å²) in [6.07, 6.45) is 10.1. The smallest absolute Gasteiger partial charge is 0.258 e. The highest BCUT2D eigenvalue weighted by Crippen LogP contribution is 2.29. The third-order valence-corrected chi connectivity index (χ3v) is 3.88. The van der Waals surface area contributed by atoms with E-state index < -0.39 is 0 Å². The van der Waals surface area contributed by atoms with Crippen molar-refractivity contribution in [1.82, 2.24) is 0 Å². The number of hydrogen-bond donors (Lipinski definition) is 0. The molecule has 0 amide bonds. The lowest BCUT2D eigenvalue weighted by Crippen LogP contribution is -1.99. The molecule has 23 heavy (non-hydrogen) atoms. The van der Waals surface area contributed by atoms with Gasteiger partial charge >= 0.3 is 5.78 Å². The molecule has 0 saturated carbocycles. The second-order valence-corrected chi connectivity index (χ2v) is 5.30. The van der Waals surface area contributed by atoms with E-state index in [1.54, 1.807) is 7.11 Å². The number of benzene rings is 2. The molecule has 1 nitrogen and oxygen atoms in total. The molecule has 2 aromatic carbocycles. The SMILES string of the molecule is C=Cc1ccc(C(=C2C=CC(=[O+]C)C=C2)c2ccccc2)cc1. The van der Waals surface area contributed by atoms with Gasteiger partial charge in [0, 0.05) is 12.2 Å². The minimum absolute atomic E-state index is 0.864. The van der Waals surface area contributed by atoms with Crippen LogP contribution in [0.2, 0.25) is 0 Å². The zero-order valence-corrected chi connectivity index (χ0v) is 13.2. The van der Waals surface area contributed by atoms with Crippen LogP contribution in [0, 0.1) is 0 Å². The summed E-state index contributed by atoms with van der Waals surface area (Å²) < 4.78 is 5.27. The van der Waals surface area contributed by atoms with Crippen molar-refractivity contribution in [2.45, 2.75) is 0 Å². The predicted molar refractivity (Wildman–Crippen MR) is 98.2 cm³/mol. The van der Waals surface area contributed by atoms with Crippen LogP contribution in [0.5, 0.6) is 0 Å². The van der Waals surface area contributed by atoms with Crippen LogP contribution in [-0.4, -0.2) is 12.9 Å². The molecule has 0 fully saturated rings. The Morgan fingerprint density at radius 2 is 1.43 bits per heavy atom. The van der Waals surface area contributed by atoms with E-state index in [0.717, 1.165) is 11.3 Å². The normalized spacial score (nSPS) is 13.1. The highest BCUT2D eigenvalue weighted by atomic mass is 16.4. The second kappa shape index (κ2) is 6.89.